The molecule has 0 spiro atoms. The number of H-pyrrole nitrogens is 1. The summed E-state index contributed by atoms with van der Waals surface area (Å²) in [7, 11) is 1.57. The maximum atomic E-state index is 11.4. The molecule has 0 saturated carbocycles. The fourth-order valence-electron chi connectivity index (χ4n) is 2.14. The fraction of sp³-hybridized carbons (Fsp3) is 0.357. The second-order valence-corrected chi connectivity index (χ2v) is 4.46. The van der Waals surface area contributed by atoms with E-state index < -0.39 is 12.0 Å². The van der Waals surface area contributed by atoms with E-state index in [2.05, 4.69) is 10.3 Å². The van der Waals surface area contributed by atoms with Gasteiger partial charge in [-0.05, 0) is 31.2 Å². The number of nitrogens with one attached hydrogen (secondary N) is 2. The number of methoxy groups -OCH3 is 1. The van der Waals surface area contributed by atoms with E-state index in [0.29, 0.717) is 24.3 Å². The lowest BCUT2D eigenvalue weighted by molar-refractivity contribution is -0.139. The molecule has 0 bridgehead atoms. The van der Waals surface area contributed by atoms with Gasteiger partial charge >= 0.3 is 5.97 Å². The molecule has 0 saturated heterocycles. The van der Waals surface area contributed by atoms with Gasteiger partial charge in [-0.2, -0.15) is 0 Å². The lowest BCUT2D eigenvalue weighted by Gasteiger charge is -2.13. The van der Waals surface area contributed by atoms with E-state index in [0.717, 1.165) is 10.9 Å². The van der Waals surface area contributed by atoms with E-state index in [1.165, 1.54) is 0 Å². The third kappa shape index (κ3) is 2.92. The van der Waals surface area contributed by atoms with Crippen molar-refractivity contribution in [3.63, 3.8) is 0 Å². The second-order valence-electron chi connectivity index (χ2n) is 4.46. The first kappa shape index (κ1) is 14.4. The largest absolute Gasteiger partial charge is 0.497 e. The van der Waals surface area contributed by atoms with Crippen molar-refractivity contribution in [3.05, 3.63) is 30.0 Å². The van der Waals surface area contributed by atoms with Crippen LogP contribution in [-0.4, -0.2) is 41.4 Å². The molecule has 0 radical (unpaired) electrons. The molecule has 1 atom stereocenters. The predicted molar refractivity (Wildman–Crippen MR) is 74.9 cm³/mol. The molecule has 108 valence electrons. The third-order valence-corrected chi connectivity index (χ3v) is 3.16. The number of hydrogen-bond donors (Lipinski definition) is 4. The number of fused-ring (bicyclic) bond motifs is 1. The molecule has 0 aliphatic carbocycles. The number of aromatic amines is 1. The molecule has 4 N–H and O–H groups in total. The summed E-state index contributed by atoms with van der Waals surface area (Å²) in [5, 5.41) is 21.9. The number of rotatable bonds is 7. The molecule has 1 aromatic carbocycles. The first-order valence-electron chi connectivity index (χ1n) is 6.39. The molecule has 0 aliphatic rings. The van der Waals surface area contributed by atoms with Gasteiger partial charge in [-0.3, -0.25) is 4.79 Å². The van der Waals surface area contributed by atoms with E-state index in [1.54, 1.807) is 13.3 Å². The van der Waals surface area contributed by atoms with E-state index in [9.17, 15) is 9.90 Å². The van der Waals surface area contributed by atoms with Gasteiger partial charge in [0.2, 0.25) is 0 Å². The van der Waals surface area contributed by atoms with Crippen LogP contribution in [0.4, 0.5) is 0 Å². The summed E-state index contributed by atoms with van der Waals surface area (Å²) < 4.78 is 5.17. The molecule has 0 aliphatic heterocycles. The van der Waals surface area contributed by atoms with Crippen LogP contribution in [0.2, 0.25) is 0 Å². The second kappa shape index (κ2) is 6.40. The van der Waals surface area contributed by atoms with Crippen LogP contribution in [0.15, 0.2) is 24.4 Å². The zero-order chi connectivity index (χ0) is 14.5. The minimum atomic E-state index is -0.952. The van der Waals surface area contributed by atoms with Gasteiger partial charge in [0.15, 0.2) is 0 Å². The summed E-state index contributed by atoms with van der Waals surface area (Å²) >= 11 is 0. The Bertz CT molecular complexity index is 594. The molecular weight excluding hydrogens is 260 g/mol. The van der Waals surface area contributed by atoms with Crippen molar-refractivity contribution >= 4 is 16.9 Å². The Kier molecular flexibility index (Phi) is 4.60. The first-order valence-corrected chi connectivity index (χ1v) is 6.39. The Morgan fingerprint density at radius 2 is 2.30 bits per heavy atom. The minimum absolute atomic E-state index is 0.0288. The van der Waals surface area contributed by atoms with Gasteiger partial charge in [0.25, 0.3) is 0 Å². The molecule has 1 aromatic heterocycles. The van der Waals surface area contributed by atoms with Crippen LogP contribution >= 0.6 is 0 Å². The van der Waals surface area contributed by atoms with Gasteiger partial charge in [-0.25, -0.2) is 0 Å². The Hall–Kier alpha value is -2.05. The minimum Gasteiger partial charge on any atom is -0.497 e. The van der Waals surface area contributed by atoms with Crippen molar-refractivity contribution in [3.8, 4) is 5.75 Å². The average molecular weight is 278 g/mol. The lowest BCUT2D eigenvalue weighted by atomic mass is 10.1. The Morgan fingerprint density at radius 1 is 1.50 bits per heavy atom. The van der Waals surface area contributed by atoms with Gasteiger partial charge in [0, 0.05) is 29.3 Å². The molecular formula is C14H18N2O4. The van der Waals surface area contributed by atoms with E-state index in [4.69, 9.17) is 9.84 Å². The summed E-state index contributed by atoms with van der Waals surface area (Å²) in [5.41, 5.74) is 1.51. The average Bonchev–Trinajstić information content (AvgIpc) is 2.86. The van der Waals surface area contributed by atoms with Crippen molar-refractivity contribution in [2.24, 2.45) is 0 Å². The van der Waals surface area contributed by atoms with E-state index in [1.807, 2.05) is 18.2 Å². The van der Waals surface area contributed by atoms with Crippen molar-refractivity contribution in [1.29, 1.82) is 0 Å². The SMILES string of the molecule is COc1ccc2[nH]cc(C(NCCCO)C(=O)O)c2c1. The molecule has 20 heavy (non-hydrogen) atoms. The van der Waals surface area contributed by atoms with Crippen LogP contribution in [-0.2, 0) is 4.79 Å². The first-order chi connectivity index (χ1) is 9.67. The van der Waals surface area contributed by atoms with Gasteiger partial charge in [-0.15, -0.1) is 0 Å². The fourth-order valence-corrected chi connectivity index (χ4v) is 2.14. The number of aromatic nitrogens is 1. The zero-order valence-corrected chi connectivity index (χ0v) is 11.2. The number of benzene rings is 1. The van der Waals surface area contributed by atoms with E-state index in [-0.39, 0.29) is 6.61 Å². The highest BCUT2D eigenvalue weighted by atomic mass is 16.5. The number of hydrogen-bond acceptors (Lipinski definition) is 4. The summed E-state index contributed by atoms with van der Waals surface area (Å²) in [6.07, 6.45) is 2.20. The smallest absolute Gasteiger partial charge is 0.325 e. The van der Waals surface area contributed by atoms with Gasteiger partial charge in [0.1, 0.15) is 11.8 Å². The summed E-state index contributed by atoms with van der Waals surface area (Å²) in [5.74, 6) is -0.274. The van der Waals surface area contributed by atoms with Crippen molar-refractivity contribution < 1.29 is 19.7 Å². The van der Waals surface area contributed by atoms with Crippen molar-refractivity contribution in [2.75, 3.05) is 20.3 Å². The number of aliphatic carboxylic acids is 1. The van der Waals surface area contributed by atoms with Crippen LogP contribution in [0.1, 0.15) is 18.0 Å². The Morgan fingerprint density at radius 3 is 2.95 bits per heavy atom. The van der Waals surface area contributed by atoms with Gasteiger partial charge in [-0.1, -0.05) is 0 Å². The summed E-state index contributed by atoms with van der Waals surface area (Å²) in [6, 6.07) is 4.66. The number of carboxylic acids is 1. The highest BCUT2D eigenvalue weighted by molar-refractivity contribution is 5.90. The van der Waals surface area contributed by atoms with Crippen LogP contribution in [0.25, 0.3) is 10.9 Å². The molecule has 2 rings (SSSR count). The molecule has 0 amide bonds. The van der Waals surface area contributed by atoms with Crippen LogP contribution < -0.4 is 10.1 Å². The molecule has 1 heterocycles. The normalized spacial score (nSPS) is 12.5. The van der Waals surface area contributed by atoms with E-state index >= 15 is 0 Å². The van der Waals surface area contributed by atoms with Gasteiger partial charge in [0.05, 0.1) is 7.11 Å². The molecule has 6 nitrogen and oxygen atoms in total. The topological polar surface area (TPSA) is 94.6 Å². The van der Waals surface area contributed by atoms with Crippen molar-refractivity contribution in [1.82, 2.24) is 10.3 Å². The Balaban J connectivity index is 2.34. The third-order valence-electron chi connectivity index (χ3n) is 3.16. The predicted octanol–water partition coefficient (Wildman–Crippen LogP) is 1.27. The monoisotopic (exact) mass is 278 g/mol. The standard InChI is InChI=1S/C14H18N2O4/c1-20-9-3-4-12-10(7-9)11(8-16-12)13(14(18)19)15-5-2-6-17/h3-4,7-8,13,15-17H,2,5-6H2,1H3,(H,18,19). The van der Waals surface area contributed by atoms with Gasteiger partial charge < -0.3 is 25.3 Å². The quantitative estimate of drug-likeness (QED) is 0.572. The Labute approximate surface area is 116 Å². The maximum Gasteiger partial charge on any atom is 0.325 e. The lowest BCUT2D eigenvalue weighted by Crippen LogP contribution is -2.29. The number of ether oxygens (including phenoxy) is 1. The zero-order valence-electron chi connectivity index (χ0n) is 11.2. The molecule has 0 fully saturated rings. The number of aliphatic hydroxyl groups excluding tert-OH is 1. The number of carbonyl (C=O) groups is 1. The molecule has 6 heteroatoms. The van der Waals surface area contributed by atoms with Crippen LogP contribution in [0, 0.1) is 0 Å². The summed E-state index contributed by atoms with van der Waals surface area (Å²) in [6.45, 7) is 0.463. The van der Waals surface area contributed by atoms with Crippen LogP contribution in [0.3, 0.4) is 0 Å². The van der Waals surface area contributed by atoms with Crippen molar-refractivity contribution in [2.45, 2.75) is 12.5 Å². The van der Waals surface area contributed by atoms with Crippen LogP contribution in [0.5, 0.6) is 5.75 Å². The maximum absolute atomic E-state index is 11.4. The highest BCUT2D eigenvalue weighted by Gasteiger charge is 2.22. The highest BCUT2D eigenvalue weighted by Crippen LogP contribution is 2.28. The molecule has 2 aromatic rings. The number of aliphatic hydroxyl groups is 1. The molecule has 1 unspecified atom stereocenters. The summed E-state index contributed by atoms with van der Waals surface area (Å²) in [4.78, 5) is 14.5. The number of carboxylic acid groups (broad SMARTS) is 1.